The van der Waals surface area contributed by atoms with Crippen LogP contribution >= 0.6 is 0 Å². The van der Waals surface area contributed by atoms with Crippen LogP contribution in [0.5, 0.6) is 0 Å². The van der Waals surface area contributed by atoms with Crippen molar-refractivity contribution in [3.8, 4) is 11.3 Å². The molecule has 2 heterocycles. The molecule has 3 N–H and O–H groups in total. The maximum absolute atomic E-state index is 11.1. The van der Waals surface area contributed by atoms with Crippen LogP contribution in [0.15, 0.2) is 30.5 Å². The third-order valence-corrected chi connectivity index (χ3v) is 5.53. The minimum absolute atomic E-state index is 0.0394. The van der Waals surface area contributed by atoms with Crippen molar-refractivity contribution in [3.63, 3.8) is 0 Å². The predicted molar refractivity (Wildman–Crippen MR) is 106 cm³/mol. The first-order chi connectivity index (χ1) is 12.9. The molecule has 2 amide bonds. The van der Waals surface area contributed by atoms with E-state index in [4.69, 9.17) is 10.7 Å². The molecule has 1 aromatic carbocycles. The van der Waals surface area contributed by atoms with E-state index in [2.05, 4.69) is 52.1 Å². The number of nitrogens with one attached hydrogen (secondary N) is 1. The molecule has 1 fully saturated rings. The number of imidazole rings is 1. The largest absolute Gasteiger partial charge is 0.352 e. The number of carbonyl (C=O) groups excluding carboxylic acids is 1. The second kappa shape index (κ2) is 6.37. The van der Waals surface area contributed by atoms with Crippen LogP contribution in [0.4, 0.5) is 4.79 Å². The zero-order valence-electron chi connectivity index (χ0n) is 16.0. The van der Waals surface area contributed by atoms with Crippen molar-refractivity contribution in [2.45, 2.75) is 45.4 Å². The van der Waals surface area contributed by atoms with Crippen LogP contribution in [0.25, 0.3) is 16.9 Å². The van der Waals surface area contributed by atoms with Gasteiger partial charge in [0.1, 0.15) is 0 Å². The summed E-state index contributed by atoms with van der Waals surface area (Å²) in [5, 5.41) is 2.76. The van der Waals surface area contributed by atoms with Gasteiger partial charge in [0.2, 0.25) is 0 Å². The van der Waals surface area contributed by atoms with E-state index in [0.717, 1.165) is 53.2 Å². The van der Waals surface area contributed by atoms with Gasteiger partial charge in [0.15, 0.2) is 5.65 Å². The average Bonchev–Trinajstić information content (AvgIpc) is 3.34. The Morgan fingerprint density at radius 2 is 1.93 bits per heavy atom. The van der Waals surface area contributed by atoms with E-state index in [1.165, 1.54) is 5.56 Å². The van der Waals surface area contributed by atoms with Gasteiger partial charge in [-0.2, -0.15) is 0 Å². The number of nitrogens with zero attached hydrogens (tertiary/aromatic N) is 3. The van der Waals surface area contributed by atoms with Gasteiger partial charge in [0, 0.05) is 23.7 Å². The number of aryl methyl sites for hydroxylation is 3. The number of urea groups is 1. The molecule has 0 saturated heterocycles. The summed E-state index contributed by atoms with van der Waals surface area (Å²) in [6.07, 6.45) is 5.07. The van der Waals surface area contributed by atoms with Crippen LogP contribution in [0.3, 0.4) is 0 Å². The van der Waals surface area contributed by atoms with E-state index in [1.807, 2.05) is 13.8 Å². The van der Waals surface area contributed by atoms with Gasteiger partial charge in [-0.05, 0) is 38.7 Å². The number of hydrogen-bond acceptors (Lipinski definition) is 3. The van der Waals surface area contributed by atoms with E-state index in [0.29, 0.717) is 6.54 Å². The number of aromatic nitrogens is 3. The summed E-state index contributed by atoms with van der Waals surface area (Å²) in [7, 11) is 0. The van der Waals surface area contributed by atoms with E-state index >= 15 is 0 Å². The summed E-state index contributed by atoms with van der Waals surface area (Å²) in [6, 6.07) is 8.20. The molecular formula is C21H25N5O. The van der Waals surface area contributed by atoms with Crippen molar-refractivity contribution < 1.29 is 4.79 Å². The average molecular weight is 363 g/mol. The summed E-state index contributed by atoms with van der Waals surface area (Å²) >= 11 is 0. The fourth-order valence-electron chi connectivity index (χ4n) is 3.90. The molecule has 1 aliphatic rings. The lowest BCUT2D eigenvalue weighted by atomic mass is 9.94. The first-order valence-corrected chi connectivity index (χ1v) is 9.43. The van der Waals surface area contributed by atoms with Crippen molar-refractivity contribution in [1.29, 1.82) is 0 Å². The minimum Gasteiger partial charge on any atom is -0.352 e. The molecule has 0 aliphatic heterocycles. The molecule has 0 atom stereocenters. The SMILES string of the molecule is CCc1nc2c(C)nc(C)cn2c1-c1ccc(C2(CNC(N)=O)CC2)cc1. The Morgan fingerprint density at radius 3 is 2.52 bits per heavy atom. The van der Waals surface area contributed by atoms with Crippen LogP contribution in [-0.4, -0.2) is 26.9 Å². The molecule has 6 heteroatoms. The van der Waals surface area contributed by atoms with Crippen LogP contribution in [0.1, 0.15) is 42.4 Å². The Kier molecular flexibility index (Phi) is 4.13. The maximum atomic E-state index is 11.1. The van der Waals surface area contributed by atoms with Crippen molar-refractivity contribution in [2.24, 2.45) is 5.73 Å². The van der Waals surface area contributed by atoms with Crippen LogP contribution in [0, 0.1) is 13.8 Å². The third kappa shape index (κ3) is 3.05. The Bertz CT molecular complexity index is 1020. The summed E-state index contributed by atoms with van der Waals surface area (Å²) in [5.41, 5.74) is 12.7. The molecule has 0 bridgehead atoms. The molecule has 27 heavy (non-hydrogen) atoms. The van der Waals surface area contributed by atoms with Crippen LogP contribution in [0.2, 0.25) is 0 Å². The maximum Gasteiger partial charge on any atom is 0.312 e. The number of rotatable bonds is 5. The molecule has 0 radical (unpaired) electrons. The monoisotopic (exact) mass is 363 g/mol. The van der Waals surface area contributed by atoms with Crippen LogP contribution in [-0.2, 0) is 11.8 Å². The standard InChI is InChI=1S/C21H25N5O/c1-4-17-18(26-11-13(2)24-14(3)19(26)25-17)15-5-7-16(8-6-15)21(9-10-21)12-23-20(22)27/h5-8,11H,4,9-10,12H2,1-3H3,(H3,22,23,27). The lowest BCUT2D eigenvalue weighted by molar-refractivity contribution is 0.248. The topological polar surface area (TPSA) is 85.3 Å². The van der Waals surface area contributed by atoms with Crippen molar-refractivity contribution >= 4 is 11.7 Å². The molecule has 0 spiro atoms. The smallest absolute Gasteiger partial charge is 0.312 e. The Morgan fingerprint density at radius 1 is 1.22 bits per heavy atom. The minimum atomic E-state index is -0.462. The first kappa shape index (κ1) is 17.5. The lowest BCUT2D eigenvalue weighted by Gasteiger charge is -2.16. The van der Waals surface area contributed by atoms with Crippen molar-refractivity contribution in [3.05, 3.63) is 53.1 Å². The second-order valence-corrected chi connectivity index (χ2v) is 7.50. The van der Waals surface area contributed by atoms with E-state index in [-0.39, 0.29) is 5.41 Å². The van der Waals surface area contributed by atoms with E-state index < -0.39 is 6.03 Å². The fourth-order valence-corrected chi connectivity index (χ4v) is 3.90. The molecule has 2 aromatic heterocycles. The number of nitrogens with two attached hydrogens (primary N) is 1. The lowest BCUT2D eigenvalue weighted by Crippen LogP contribution is -2.35. The summed E-state index contributed by atoms with van der Waals surface area (Å²) in [6.45, 7) is 6.74. The summed E-state index contributed by atoms with van der Waals surface area (Å²) < 4.78 is 2.16. The van der Waals surface area contributed by atoms with Gasteiger partial charge in [0.25, 0.3) is 0 Å². The van der Waals surface area contributed by atoms with E-state index in [9.17, 15) is 4.79 Å². The summed E-state index contributed by atoms with van der Waals surface area (Å²) in [4.78, 5) is 20.4. The van der Waals surface area contributed by atoms with E-state index in [1.54, 1.807) is 0 Å². The number of carbonyl (C=O) groups is 1. The number of benzene rings is 1. The van der Waals surface area contributed by atoms with Gasteiger partial charge >= 0.3 is 6.03 Å². The third-order valence-electron chi connectivity index (χ3n) is 5.53. The summed E-state index contributed by atoms with van der Waals surface area (Å²) in [5.74, 6) is 0. The van der Waals surface area contributed by atoms with Crippen molar-refractivity contribution in [1.82, 2.24) is 19.7 Å². The Balaban J connectivity index is 1.73. The van der Waals surface area contributed by atoms with Gasteiger partial charge in [-0.1, -0.05) is 31.2 Å². The molecule has 4 rings (SSSR count). The Hall–Kier alpha value is -2.89. The fraction of sp³-hybridized carbons (Fsp3) is 0.381. The molecule has 1 aliphatic carbocycles. The van der Waals surface area contributed by atoms with Gasteiger partial charge < -0.3 is 11.1 Å². The van der Waals surface area contributed by atoms with Gasteiger partial charge in [0.05, 0.1) is 22.8 Å². The molecule has 140 valence electrons. The molecule has 6 nitrogen and oxygen atoms in total. The highest BCUT2D eigenvalue weighted by molar-refractivity contribution is 5.72. The normalized spacial score (nSPS) is 15.1. The van der Waals surface area contributed by atoms with Crippen LogP contribution < -0.4 is 11.1 Å². The van der Waals surface area contributed by atoms with Gasteiger partial charge in [-0.15, -0.1) is 0 Å². The molecule has 1 saturated carbocycles. The molecular weight excluding hydrogens is 338 g/mol. The molecule has 3 aromatic rings. The quantitative estimate of drug-likeness (QED) is 0.729. The van der Waals surface area contributed by atoms with Gasteiger partial charge in [-0.25, -0.2) is 9.78 Å². The number of fused-ring (bicyclic) bond motifs is 1. The zero-order chi connectivity index (χ0) is 19.2. The predicted octanol–water partition coefficient (Wildman–Crippen LogP) is 3.28. The highest BCUT2D eigenvalue weighted by atomic mass is 16.2. The Labute approximate surface area is 158 Å². The zero-order valence-corrected chi connectivity index (χ0v) is 16.0. The van der Waals surface area contributed by atoms with Gasteiger partial charge in [-0.3, -0.25) is 9.38 Å². The molecule has 0 unspecified atom stereocenters. The highest BCUT2D eigenvalue weighted by Crippen LogP contribution is 2.48. The highest BCUT2D eigenvalue weighted by Gasteiger charge is 2.44. The van der Waals surface area contributed by atoms with Crippen molar-refractivity contribution in [2.75, 3.05) is 6.54 Å². The second-order valence-electron chi connectivity index (χ2n) is 7.50. The number of hydrogen-bond donors (Lipinski definition) is 2. The first-order valence-electron chi connectivity index (χ1n) is 9.43. The number of primary amides is 1. The number of amides is 2.